The molecule has 1 fully saturated rings. The van der Waals surface area contributed by atoms with Crippen LogP contribution < -0.4 is 0 Å². The summed E-state index contributed by atoms with van der Waals surface area (Å²) in [5.41, 5.74) is 3.44. The lowest BCUT2D eigenvalue weighted by Crippen LogP contribution is -2.38. The standard InChI is InChI=1S/C43H50F3NO9/c1-51-18-19-53-22-23-55-26-27-56-25-24-54-21-20-52-17-14-41(48)47-15-12-33(13-16-47)31-2-4-34(5-3-31)40-30-37(42(49)50)29-36-28-35(8-11-39(36)40)32-6-9-38(10-7-32)43(44,45)46/h2-11,28-30,33H,12-27H2,1H3,(H,49,50). The quantitative estimate of drug-likeness (QED) is 0.0802. The van der Waals surface area contributed by atoms with Gasteiger partial charge in [-0.15, -0.1) is 0 Å². The molecule has 4 aromatic rings. The van der Waals surface area contributed by atoms with Gasteiger partial charge in [0.1, 0.15) is 0 Å². The molecule has 0 spiro atoms. The third-order valence-electron chi connectivity index (χ3n) is 9.67. The predicted molar refractivity (Wildman–Crippen MR) is 206 cm³/mol. The van der Waals surface area contributed by atoms with Crippen LogP contribution in [0.2, 0.25) is 0 Å². The van der Waals surface area contributed by atoms with Gasteiger partial charge in [0.15, 0.2) is 0 Å². The lowest BCUT2D eigenvalue weighted by atomic mass is 9.87. The summed E-state index contributed by atoms with van der Waals surface area (Å²) in [6, 6.07) is 21.8. The van der Waals surface area contributed by atoms with E-state index < -0.39 is 17.7 Å². The predicted octanol–water partition coefficient (Wildman–Crippen LogP) is 7.72. The highest BCUT2D eigenvalue weighted by Crippen LogP contribution is 2.36. The summed E-state index contributed by atoms with van der Waals surface area (Å²) in [6.45, 7) is 6.52. The Morgan fingerprint density at radius 1 is 0.661 bits per heavy atom. The lowest BCUT2D eigenvalue weighted by molar-refractivity contribution is -0.137. The summed E-state index contributed by atoms with van der Waals surface area (Å²) in [5.74, 6) is -0.709. The molecule has 13 heteroatoms. The van der Waals surface area contributed by atoms with E-state index in [9.17, 15) is 27.9 Å². The third kappa shape index (κ3) is 12.8. The highest BCUT2D eigenvalue weighted by molar-refractivity contribution is 6.04. The number of hydrogen-bond donors (Lipinski definition) is 1. The SMILES string of the molecule is COCCOCCOCCOCCOCCOCCC(=O)N1CCC(c2ccc(-c3cc(C(=O)O)cc4cc(-c5ccc(C(F)(F)F)cc5)ccc34)cc2)CC1. The monoisotopic (exact) mass is 781 g/mol. The van der Waals surface area contributed by atoms with Gasteiger partial charge in [-0.3, -0.25) is 4.79 Å². The van der Waals surface area contributed by atoms with Gasteiger partial charge in [-0.2, -0.15) is 13.2 Å². The molecule has 1 aliphatic heterocycles. The highest BCUT2D eigenvalue weighted by atomic mass is 19.4. The Balaban J connectivity index is 1.02. The molecule has 1 heterocycles. The maximum absolute atomic E-state index is 13.1. The van der Waals surface area contributed by atoms with E-state index in [0.717, 1.165) is 47.1 Å². The molecule has 0 aliphatic carbocycles. The number of ether oxygens (including phenoxy) is 6. The number of halogens is 3. The number of benzene rings is 4. The van der Waals surface area contributed by atoms with Crippen LogP contribution in [0.3, 0.4) is 0 Å². The van der Waals surface area contributed by atoms with E-state index >= 15 is 0 Å². The van der Waals surface area contributed by atoms with Crippen molar-refractivity contribution in [3.05, 3.63) is 95.6 Å². The molecule has 0 aromatic heterocycles. The molecule has 4 aromatic carbocycles. The second-order valence-electron chi connectivity index (χ2n) is 13.4. The number of carbonyl (C=O) groups is 2. The smallest absolute Gasteiger partial charge is 0.416 e. The summed E-state index contributed by atoms with van der Waals surface area (Å²) in [4.78, 5) is 26.8. The van der Waals surface area contributed by atoms with Crippen LogP contribution in [0.4, 0.5) is 13.2 Å². The van der Waals surface area contributed by atoms with E-state index in [-0.39, 0.29) is 17.4 Å². The first kappa shape index (κ1) is 42.8. The zero-order valence-corrected chi connectivity index (χ0v) is 31.7. The van der Waals surface area contributed by atoms with E-state index in [1.54, 1.807) is 25.3 Å². The minimum Gasteiger partial charge on any atom is -0.478 e. The van der Waals surface area contributed by atoms with Gasteiger partial charge in [-0.05, 0) is 87.7 Å². The number of rotatable bonds is 22. The van der Waals surface area contributed by atoms with E-state index in [1.807, 2.05) is 29.2 Å². The van der Waals surface area contributed by atoms with Gasteiger partial charge in [0.25, 0.3) is 0 Å². The number of aromatic carboxylic acids is 1. The molecular weight excluding hydrogens is 731 g/mol. The Kier molecular flexibility index (Phi) is 16.7. The Hall–Kier alpha value is -4.37. The molecule has 0 radical (unpaired) electrons. The van der Waals surface area contributed by atoms with Crippen molar-refractivity contribution in [2.75, 3.05) is 92.9 Å². The first-order chi connectivity index (χ1) is 27.1. The van der Waals surface area contributed by atoms with Gasteiger partial charge in [0.05, 0.1) is 90.2 Å². The van der Waals surface area contributed by atoms with Crippen LogP contribution in [0, 0.1) is 0 Å². The van der Waals surface area contributed by atoms with Gasteiger partial charge < -0.3 is 38.4 Å². The van der Waals surface area contributed by atoms with Crippen LogP contribution in [-0.4, -0.2) is 115 Å². The average Bonchev–Trinajstić information content (AvgIpc) is 3.21. The summed E-state index contributed by atoms with van der Waals surface area (Å²) >= 11 is 0. The second-order valence-corrected chi connectivity index (χ2v) is 13.4. The topological polar surface area (TPSA) is 113 Å². The first-order valence-corrected chi connectivity index (χ1v) is 18.9. The third-order valence-corrected chi connectivity index (χ3v) is 9.67. The number of methoxy groups -OCH3 is 1. The maximum atomic E-state index is 13.1. The maximum Gasteiger partial charge on any atom is 0.416 e. The summed E-state index contributed by atoms with van der Waals surface area (Å²) < 4.78 is 71.5. The first-order valence-electron chi connectivity index (χ1n) is 18.9. The van der Waals surface area contributed by atoms with E-state index in [0.29, 0.717) is 109 Å². The van der Waals surface area contributed by atoms with Gasteiger partial charge in [-0.1, -0.05) is 48.5 Å². The van der Waals surface area contributed by atoms with Gasteiger partial charge in [0.2, 0.25) is 5.91 Å². The fraction of sp³-hybridized carbons (Fsp3) is 0.442. The number of nitrogens with zero attached hydrogens (tertiary/aromatic N) is 1. The highest BCUT2D eigenvalue weighted by Gasteiger charge is 2.30. The molecule has 56 heavy (non-hydrogen) atoms. The number of fused-ring (bicyclic) bond motifs is 1. The van der Waals surface area contributed by atoms with Crippen molar-refractivity contribution in [1.82, 2.24) is 4.90 Å². The number of piperidine rings is 1. The zero-order chi connectivity index (χ0) is 39.8. The Labute approximate surface area is 325 Å². The van der Waals surface area contributed by atoms with Crippen LogP contribution in [0.15, 0.2) is 78.9 Å². The number of carboxylic acid groups (broad SMARTS) is 1. The molecule has 1 amide bonds. The fourth-order valence-corrected chi connectivity index (χ4v) is 6.60. The number of likely N-dealkylation sites (tertiary alicyclic amines) is 1. The van der Waals surface area contributed by atoms with Gasteiger partial charge in [-0.25, -0.2) is 4.79 Å². The van der Waals surface area contributed by atoms with Crippen LogP contribution >= 0.6 is 0 Å². The van der Waals surface area contributed by atoms with Crippen molar-refractivity contribution >= 4 is 22.6 Å². The number of amides is 1. The van der Waals surface area contributed by atoms with E-state index in [1.165, 1.54) is 12.1 Å². The van der Waals surface area contributed by atoms with Crippen LogP contribution in [-0.2, 0) is 39.4 Å². The number of hydrogen-bond acceptors (Lipinski definition) is 8. The Morgan fingerprint density at radius 2 is 1.18 bits per heavy atom. The molecule has 0 unspecified atom stereocenters. The molecule has 0 saturated carbocycles. The van der Waals surface area contributed by atoms with Crippen molar-refractivity contribution in [2.24, 2.45) is 0 Å². The number of alkyl halides is 3. The van der Waals surface area contributed by atoms with Crippen molar-refractivity contribution in [3.63, 3.8) is 0 Å². The van der Waals surface area contributed by atoms with E-state index in [2.05, 4.69) is 12.1 Å². The molecule has 302 valence electrons. The molecular formula is C43H50F3NO9. The van der Waals surface area contributed by atoms with Crippen LogP contribution in [0.5, 0.6) is 0 Å². The average molecular weight is 782 g/mol. The molecule has 10 nitrogen and oxygen atoms in total. The fourth-order valence-electron chi connectivity index (χ4n) is 6.60. The second kappa shape index (κ2) is 21.8. The minimum absolute atomic E-state index is 0.0727. The molecule has 1 aliphatic rings. The Bertz CT molecular complexity index is 1830. The summed E-state index contributed by atoms with van der Waals surface area (Å²) in [6.07, 6.45) is -2.44. The van der Waals surface area contributed by atoms with Crippen molar-refractivity contribution in [1.29, 1.82) is 0 Å². The molecule has 1 saturated heterocycles. The number of carboxylic acids is 1. The van der Waals surface area contributed by atoms with Gasteiger partial charge >= 0.3 is 12.1 Å². The largest absolute Gasteiger partial charge is 0.478 e. The lowest BCUT2D eigenvalue weighted by Gasteiger charge is -2.32. The summed E-state index contributed by atoms with van der Waals surface area (Å²) in [7, 11) is 1.63. The van der Waals surface area contributed by atoms with Crippen molar-refractivity contribution in [3.8, 4) is 22.3 Å². The van der Waals surface area contributed by atoms with Crippen LogP contribution in [0.1, 0.15) is 46.7 Å². The zero-order valence-electron chi connectivity index (χ0n) is 31.7. The van der Waals surface area contributed by atoms with E-state index in [4.69, 9.17) is 28.4 Å². The normalized spacial score (nSPS) is 13.8. The van der Waals surface area contributed by atoms with Crippen molar-refractivity contribution in [2.45, 2.75) is 31.4 Å². The Morgan fingerprint density at radius 3 is 1.71 bits per heavy atom. The molecule has 0 atom stereocenters. The summed E-state index contributed by atoms with van der Waals surface area (Å²) in [5, 5.41) is 11.4. The minimum atomic E-state index is -4.43. The molecule has 5 rings (SSSR count). The van der Waals surface area contributed by atoms with Gasteiger partial charge in [0, 0.05) is 20.2 Å². The molecule has 0 bridgehead atoms. The van der Waals surface area contributed by atoms with Crippen LogP contribution in [0.25, 0.3) is 33.0 Å². The van der Waals surface area contributed by atoms with Crippen molar-refractivity contribution < 1.29 is 56.3 Å². The number of carbonyl (C=O) groups excluding carboxylic acids is 1. The molecule has 1 N–H and O–H groups in total.